The Morgan fingerprint density at radius 1 is 0.583 bits per heavy atom. The quantitative estimate of drug-likeness (QED) is 0.247. The molecule has 0 bridgehead atoms. The van der Waals surface area contributed by atoms with E-state index in [4.69, 9.17) is 9.97 Å². The van der Waals surface area contributed by atoms with Crippen LogP contribution in [0.15, 0.2) is 119 Å². The minimum Gasteiger partial charge on any atom is -0.228 e. The van der Waals surface area contributed by atoms with Gasteiger partial charge in [-0.1, -0.05) is 123 Å². The van der Waals surface area contributed by atoms with Crippen LogP contribution >= 0.6 is 11.8 Å². The van der Waals surface area contributed by atoms with E-state index in [0.29, 0.717) is 0 Å². The summed E-state index contributed by atoms with van der Waals surface area (Å²) in [6, 6.07) is 38.7. The third-order valence-corrected chi connectivity index (χ3v) is 8.57. The predicted octanol–water partition coefficient (Wildman–Crippen LogP) is 8.91. The van der Waals surface area contributed by atoms with E-state index >= 15 is 0 Å². The molecule has 0 unspecified atom stereocenters. The summed E-state index contributed by atoms with van der Waals surface area (Å²) in [6.45, 7) is 4.63. The molecule has 172 valence electrons. The number of nitrogens with zero attached hydrogens (tertiary/aromatic N) is 2. The van der Waals surface area contributed by atoms with E-state index in [1.54, 1.807) is 0 Å². The molecule has 2 heterocycles. The number of rotatable bonds is 2. The van der Waals surface area contributed by atoms with Gasteiger partial charge in [-0.05, 0) is 34.0 Å². The average molecular weight is 481 g/mol. The minimum atomic E-state index is -0.0947. The van der Waals surface area contributed by atoms with Crippen LogP contribution < -0.4 is 0 Å². The van der Waals surface area contributed by atoms with Gasteiger partial charge in [0.2, 0.25) is 0 Å². The summed E-state index contributed by atoms with van der Waals surface area (Å²) < 4.78 is 0. The lowest BCUT2D eigenvalue weighted by Crippen LogP contribution is -2.24. The molecule has 0 spiro atoms. The van der Waals surface area contributed by atoms with E-state index in [9.17, 15) is 0 Å². The Balaban J connectivity index is 1.51. The maximum Gasteiger partial charge on any atom is 0.161 e. The smallest absolute Gasteiger partial charge is 0.161 e. The molecule has 3 heteroatoms. The van der Waals surface area contributed by atoms with Crippen LogP contribution in [0.3, 0.4) is 0 Å². The van der Waals surface area contributed by atoms with E-state index in [1.165, 1.54) is 31.7 Å². The molecule has 36 heavy (non-hydrogen) atoms. The lowest BCUT2D eigenvalue weighted by molar-refractivity contribution is 0.608. The van der Waals surface area contributed by atoms with Crippen LogP contribution in [0.2, 0.25) is 0 Å². The first-order chi connectivity index (χ1) is 17.6. The molecule has 1 aromatic heterocycles. The average Bonchev–Trinajstić information content (AvgIpc) is 2.92. The van der Waals surface area contributed by atoms with Crippen LogP contribution in [-0.4, -0.2) is 9.97 Å². The minimum absolute atomic E-state index is 0.0947. The lowest BCUT2D eigenvalue weighted by Gasteiger charge is -2.35. The fraction of sp³-hybridized carbons (Fsp3) is 0.0909. The number of para-hydroxylation sites is 1. The van der Waals surface area contributed by atoms with Crippen molar-refractivity contribution in [2.75, 3.05) is 0 Å². The van der Waals surface area contributed by atoms with Crippen LogP contribution in [0, 0.1) is 0 Å². The molecule has 6 aromatic rings. The number of benzene rings is 5. The van der Waals surface area contributed by atoms with Gasteiger partial charge in [0.15, 0.2) is 5.82 Å². The fourth-order valence-electron chi connectivity index (χ4n) is 5.48. The normalized spacial score (nSPS) is 13.9. The predicted molar refractivity (Wildman–Crippen MR) is 151 cm³/mol. The third-order valence-electron chi connectivity index (χ3n) is 7.35. The highest BCUT2D eigenvalue weighted by Gasteiger charge is 2.34. The topological polar surface area (TPSA) is 25.8 Å². The van der Waals surface area contributed by atoms with E-state index in [2.05, 4.69) is 123 Å². The number of fused-ring (bicyclic) bond motifs is 4. The highest BCUT2D eigenvalue weighted by atomic mass is 32.2. The van der Waals surface area contributed by atoms with Crippen molar-refractivity contribution in [3.05, 3.63) is 120 Å². The number of aromatic nitrogens is 2. The van der Waals surface area contributed by atoms with Gasteiger partial charge in [0.25, 0.3) is 0 Å². The molecule has 7 rings (SSSR count). The molecule has 0 fully saturated rings. The van der Waals surface area contributed by atoms with E-state index < -0.39 is 0 Å². The van der Waals surface area contributed by atoms with Gasteiger partial charge in [-0.15, -0.1) is 0 Å². The first-order valence-corrected chi connectivity index (χ1v) is 13.1. The molecule has 0 aliphatic carbocycles. The van der Waals surface area contributed by atoms with E-state index in [1.807, 2.05) is 11.8 Å². The first kappa shape index (κ1) is 21.3. The molecule has 0 radical (unpaired) electrons. The maximum atomic E-state index is 5.28. The van der Waals surface area contributed by atoms with Gasteiger partial charge in [-0.2, -0.15) is 0 Å². The zero-order chi connectivity index (χ0) is 24.3. The second-order valence-electron chi connectivity index (χ2n) is 9.85. The van der Waals surface area contributed by atoms with Gasteiger partial charge in [-0.3, -0.25) is 0 Å². The van der Waals surface area contributed by atoms with Crippen molar-refractivity contribution in [2.24, 2.45) is 0 Å². The SMILES string of the molecule is CC1(C)c2ccccc2Sc2c(-c3nc(-c4cccc5ccccc45)c4ccccc4n3)cccc21. The molecule has 0 amide bonds. The zero-order valence-electron chi connectivity index (χ0n) is 20.2. The van der Waals surface area contributed by atoms with Crippen molar-refractivity contribution in [2.45, 2.75) is 29.1 Å². The van der Waals surface area contributed by atoms with Crippen LogP contribution in [0.1, 0.15) is 25.0 Å². The van der Waals surface area contributed by atoms with Crippen molar-refractivity contribution in [1.29, 1.82) is 0 Å². The van der Waals surface area contributed by atoms with Crippen LogP contribution in [0.5, 0.6) is 0 Å². The Bertz CT molecular complexity index is 1800. The lowest BCUT2D eigenvalue weighted by atomic mass is 9.77. The summed E-state index contributed by atoms with van der Waals surface area (Å²) in [5.74, 6) is 0.774. The second kappa shape index (κ2) is 8.04. The standard InChI is InChI=1S/C33H24N2S/c1-33(2)26-17-6-8-20-29(26)36-31-25(16-10-18-27(31)33)32-34-28-19-7-5-14-24(28)30(35-32)23-15-9-12-21-11-3-4-13-22(21)23/h3-20H,1-2H3. The Kier molecular flexibility index (Phi) is 4.77. The molecule has 1 aliphatic heterocycles. The maximum absolute atomic E-state index is 5.28. The molecule has 1 aliphatic rings. The van der Waals surface area contributed by atoms with Crippen LogP contribution in [-0.2, 0) is 5.41 Å². The number of hydrogen-bond donors (Lipinski definition) is 0. The second-order valence-corrected chi connectivity index (χ2v) is 10.9. The molecular weight excluding hydrogens is 456 g/mol. The molecule has 2 nitrogen and oxygen atoms in total. The summed E-state index contributed by atoms with van der Waals surface area (Å²) in [4.78, 5) is 12.9. The van der Waals surface area contributed by atoms with Gasteiger partial charge in [-0.25, -0.2) is 9.97 Å². The summed E-state index contributed by atoms with van der Waals surface area (Å²) in [6.07, 6.45) is 0. The highest BCUT2D eigenvalue weighted by molar-refractivity contribution is 7.99. The summed E-state index contributed by atoms with van der Waals surface area (Å²) >= 11 is 1.84. The van der Waals surface area contributed by atoms with Crippen LogP contribution in [0.25, 0.3) is 44.3 Å². The fourth-order valence-corrected chi connectivity index (χ4v) is 6.98. The molecule has 0 saturated heterocycles. The van der Waals surface area contributed by atoms with Crippen molar-refractivity contribution in [1.82, 2.24) is 9.97 Å². The van der Waals surface area contributed by atoms with Crippen molar-refractivity contribution < 1.29 is 0 Å². The van der Waals surface area contributed by atoms with Crippen molar-refractivity contribution in [3.8, 4) is 22.6 Å². The van der Waals surface area contributed by atoms with Gasteiger partial charge in [0.05, 0.1) is 11.2 Å². The van der Waals surface area contributed by atoms with Crippen molar-refractivity contribution in [3.63, 3.8) is 0 Å². The molecule has 5 aromatic carbocycles. The Labute approximate surface area is 215 Å². The Hall–Kier alpha value is -3.95. The van der Waals surface area contributed by atoms with Gasteiger partial charge < -0.3 is 0 Å². The molecular formula is C33H24N2S. The molecule has 0 saturated carbocycles. The zero-order valence-corrected chi connectivity index (χ0v) is 21.0. The largest absolute Gasteiger partial charge is 0.228 e. The highest BCUT2D eigenvalue weighted by Crippen LogP contribution is 2.51. The summed E-state index contributed by atoms with van der Waals surface area (Å²) in [5.41, 5.74) is 6.77. The van der Waals surface area contributed by atoms with Gasteiger partial charge >= 0.3 is 0 Å². The van der Waals surface area contributed by atoms with E-state index in [0.717, 1.165) is 33.5 Å². The Morgan fingerprint density at radius 2 is 1.25 bits per heavy atom. The van der Waals surface area contributed by atoms with E-state index in [-0.39, 0.29) is 5.41 Å². The molecule has 0 N–H and O–H groups in total. The van der Waals surface area contributed by atoms with Crippen LogP contribution in [0.4, 0.5) is 0 Å². The summed E-state index contributed by atoms with van der Waals surface area (Å²) in [7, 11) is 0. The van der Waals surface area contributed by atoms with Gasteiger partial charge in [0, 0.05) is 31.7 Å². The third kappa shape index (κ3) is 3.20. The van der Waals surface area contributed by atoms with Crippen molar-refractivity contribution >= 4 is 33.4 Å². The summed E-state index contributed by atoms with van der Waals surface area (Å²) in [5, 5.41) is 3.49. The Morgan fingerprint density at radius 3 is 2.17 bits per heavy atom. The molecule has 0 atom stereocenters. The number of hydrogen-bond acceptors (Lipinski definition) is 3. The monoisotopic (exact) mass is 480 g/mol. The van der Waals surface area contributed by atoms with Gasteiger partial charge in [0.1, 0.15) is 0 Å². The first-order valence-electron chi connectivity index (χ1n) is 12.3.